The second kappa shape index (κ2) is 5.96. The smallest absolute Gasteiger partial charge is 0.0346 e. The molecule has 0 radical (unpaired) electrons. The van der Waals surface area contributed by atoms with Crippen LogP contribution in [-0.2, 0) is 6.54 Å². The monoisotopic (exact) mass is 242 g/mol. The molecule has 18 heavy (non-hydrogen) atoms. The number of benzene rings is 1. The topological polar surface area (TPSA) is 24.9 Å². The summed E-state index contributed by atoms with van der Waals surface area (Å²) in [5.41, 5.74) is 1.34. The van der Waals surface area contributed by atoms with Crippen LogP contribution in [0.5, 0.6) is 0 Å². The Labute approximate surface area is 109 Å². The van der Waals surface area contributed by atoms with Gasteiger partial charge >= 0.3 is 0 Å². The van der Waals surface area contributed by atoms with Crippen molar-refractivity contribution in [1.82, 2.24) is 10.3 Å². The van der Waals surface area contributed by atoms with E-state index in [1.165, 1.54) is 16.3 Å². The van der Waals surface area contributed by atoms with Crippen LogP contribution in [0.15, 0.2) is 36.7 Å². The van der Waals surface area contributed by atoms with Crippen molar-refractivity contribution in [2.45, 2.75) is 27.3 Å². The Kier molecular flexibility index (Phi) is 4.32. The highest BCUT2D eigenvalue weighted by molar-refractivity contribution is 5.81. The molecule has 0 saturated heterocycles. The first-order chi connectivity index (χ1) is 8.66. The van der Waals surface area contributed by atoms with Crippen LogP contribution in [0.4, 0.5) is 0 Å². The van der Waals surface area contributed by atoms with Crippen LogP contribution in [0.2, 0.25) is 0 Å². The molecule has 96 valence electrons. The van der Waals surface area contributed by atoms with Gasteiger partial charge in [-0.15, -0.1) is 0 Å². The van der Waals surface area contributed by atoms with Gasteiger partial charge in [-0.2, -0.15) is 0 Å². The predicted molar refractivity (Wildman–Crippen MR) is 77.5 cm³/mol. The molecular weight excluding hydrogens is 220 g/mol. The van der Waals surface area contributed by atoms with Gasteiger partial charge in [-0.3, -0.25) is 4.98 Å². The molecule has 1 aromatic heterocycles. The van der Waals surface area contributed by atoms with Crippen LogP contribution in [0.3, 0.4) is 0 Å². The zero-order valence-electron chi connectivity index (χ0n) is 11.5. The van der Waals surface area contributed by atoms with Gasteiger partial charge in [0.25, 0.3) is 0 Å². The van der Waals surface area contributed by atoms with E-state index in [1.54, 1.807) is 0 Å². The van der Waals surface area contributed by atoms with Crippen LogP contribution >= 0.6 is 0 Å². The van der Waals surface area contributed by atoms with Crippen LogP contribution in [0.25, 0.3) is 10.8 Å². The third-order valence-corrected chi connectivity index (χ3v) is 3.64. The molecule has 0 aliphatic carbocycles. The van der Waals surface area contributed by atoms with Gasteiger partial charge in [-0.25, -0.2) is 0 Å². The minimum absolute atomic E-state index is 0.717. The summed E-state index contributed by atoms with van der Waals surface area (Å²) >= 11 is 0. The second-order valence-electron chi connectivity index (χ2n) is 5.41. The number of nitrogens with one attached hydrogen (secondary N) is 1. The first-order valence-electron chi connectivity index (χ1n) is 6.70. The zero-order chi connectivity index (χ0) is 13.0. The third kappa shape index (κ3) is 3.30. The Bertz CT molecular complexity index is 505. The quantitative estimate of drug-likeness (QED) is 0.866. The van der Waals surface area contributed by atoms with Gasteiger partial charge in [0.2, 0.25) is 0 Å². The van der Waals surface area contributed by atoms with E-state index in [0.717, 1.165) is 24.9 Å². The van der Waals surface area contributed by atoms with Crippen LogP contribution in [0, 0.1) is 11.8 Å². The Balaban J connectivity index is 1.96. The van der Waals surface area contributed by atoms with Gasteiger partial charge in [0.1, 0.15) is 0 Å². The highest BCUT2D eigenvalue weighted by Gasteiger charge is 2.06. The standard InChI is InChI=1S/C16H22N2/c1-12(2)13(3)9-18-10-14-4-5-16-11-17-7-6-15(16)8-14/h4-8,11-13,18H,9-10H2,1-3H3. The minimum Gasteiger partial charge on any atom is -0.312 e. The fraction of sp³-hybridized carbons (Fsp3) is 0.438. The lowest BCUT2D eigenvalue weighted by molar-refractivity contribution is 0.392. The van der Waals surface area contributed by atoms with Crippen molar-refractivity contribution in [1.29, 1.82) is 0 Å². The largest absolute Gasteiger partial charge is 0.312 e. The maximum absolute atomic E-state index is 4.13. The van der Waals surface area contributed by atoms with E-state index in [4.69, 9.17) is 0 Å². The van der Waals surface area contributed by atoms with Crippen molar-refractivity contribution in [3.8, 4) is 0 Å². The van der Waals surface area contributed by atoms with E-state index in [-0.39, 0.29) is 0 Å². The third-order valence-electron chi connectivity index (χ3n) is 3.64. The first kappa shape index (κ1) is 13.0. The fourth-order valence-electron chi connectivity index (χ4n) is 1.92. The zero-order valence-corrected chi connectivity index (χ0v) is 11.5. The van der Waals surface area contributed by atoms with Crippen LogP contribution in [0.1, 0.15) is 26.3 Å². The molecule has 2 heteroatoms. The Morgan fingerprint density at radius 2 is 1.94 bits per heavy atom. The number of hydrogen-bond donors (Lipinski definition) is 1. The summed E-state index contributed by atoms with van der Waals surface area (Å²) in [5.74, 6) is 1.45. The first-order valence-corrected chi connectivity index (χ1v) is 6.70. The predicted octanol–water partition coefficient (Wildman–Crippen LogP) is 3.62. The molecular formula is C16H22N2. The number of pyridine rings is 1. The van der Waals surface area contributed by atoms with Gasteiger partial charge in [0.15, 0.2) is 0 Å². The van der Waals surface area contributed by atoms with Gasteiger partial charge in [0, 0.05) is 24.3 Å². The van der Waals surface area contributed by atoms with Crippen molar-refractivity contribution >= 4 is 10.8 Å². The summed E-state index contributed by atoms with van der Waals surface area (Å²) in [7, 11) is 0. The highest BCUT2D eigenvalue weighted by Crippen LogP contribution is 2.14. The Morgan fingerprint density at radius 1 is 1.11 bits per heavy atom. The number of rotatable bonds is 5. The van der Waals surface area contributed by atoms with E-state index >= 15 is 0 Å². The van der Waals surface area contributed by atoms with Crippen molar-refractivity contribution in [2.24, 2.45) is 11.8 Å². The number of nitrogens with zero attached hydrogens (tertiary/aromatic N) is 1. The molecule has 2 rings (SSSR count). The van der Waals surface area contributed by atoms with Crippen molar-refractivity contribution in [3.05, 3.63) is 42.2 Å². The van der Waals surface area contributed by atoms with Gasteiger partial charge in [0.05, 0.1) is 0 Å². The van der Waals surface area contributed by atoms with Crippen molar-refractivity contribution in [2.75, 3.05) is 6.54 Å². The van der Waals surface area contributed by atoms with Gasteiger partial charge in [-0.1, -0.05) is 32.9 Å². The summed E-state index contributed by atoms with van der Waals surface area (Å²) in [6.07, 6.45) is 3.76. The summed E-state index contributed by atoms with van der Waals surface area (Å²) < 4.78 is 0. The average molecular weight is 242 g/mol. The van der Waals surface area contributed by atoms with E-state index < -0.39 is 0 Å². The molecule has 1 atom stereocenters. The SMILES string of the molecule is CC(C)C(C)CNCc1ccc2cnccc2c1. The molecule has 1 unspecified atom stereocenters. The minimum atomic E-state index is 0.717. The van der Waals surface area contributed by atoms with Crippen LogP contribution < -0.4 is 5.32 Å². The van der Waals surface area contributed by atoms with E-state index in [2.05, 4.69) is 55.3 Å². The molecule has 1 aromatic carbocycles. The second-order valence-corrected chi connectivity index (χ2v) is 5.41. The molecule has 0 amide bonds. The van der Waals surface area contributed by atoms with Gasteiger partial charge in [-0.05, 0) is 41.5 Å². The lowest BCUT2D eigenvalue weighted by atomic mass is 9.98. The van der Waals surface area contributed by atoms with E-state index in [1.807, 2.05) is 12.4 Å². The molecule has 2 nitrogen and oxygen atoms in total. The van der Waals surface area contributed by atoms with Crippen molar-refractivity contribution in [3.63, 3.8) is 0 Å². The van der Waals surface area contributed by atoms with E-state index in [0.29, 0.717) is 0 Å². The lowest BCUT2D eigenvalue weighted by Crippen LogP contribution is -2.23. The molecule has 0 aliphatic heterocycles. The lowest BCUT2D eigenvalue weighted by Gasteiger charge is -2.16. The molecule has 1 N–H and O–H groups in total. The molecule has 2 aromatic rings. The maximum Gasteiger partial charge on any atom is 0.0346 e. The van der Waals surface area contributed by atoms with E-state index in [9.17, 15) is 0 Å². The summed E-state index contributed by atoms with van der Waals surface area (Å²) in [4.78, 5) is 4.13. The molecule has 0 spiro atoms. The van der Waals surface area contributed by atoms with Crippen LogP contribution in [-0.4, -0.2) is 11.5 Å². The maximum atomic E-state index is 4.13. The number of fused-ring (bicyclic) bond motifs is 1. The molecule has 0 aliphatic rings. The molecule has 0 bridgehead atoms. The molecule has 0 fully saturated rings. The van der Waals surface area contributed by atoms with Crippen molar-refractivity contribution < 1.29 is 0 Å². The Hall–Kier alpha value is -1.41. The molecule has 1 heterocycles. The summed E-state index contributed by atoms with van der Waals surface area (Å²) in [6.45, 7) is 8.86. The number of aromatic nitrogens is 1. The normalized spacial score (nSPS) is 13.1. The average Bonchev–Trinajstić information content (AvgIpc) is 2.38. The van der Waals surface area contributed by atoms with Gasteiger partial charge < -0.3 is 5.32 Å². The Morgan fingerprint density at radius 3 is 2.72 bits per heavy atom. The highest BCUT2D eigenvalue weighted by atomic mass is 14.9. The summed E-state index contributed by atoms with van der Waals surface area (Å²) in [5, 5.41) is 6.00. The number of hydrogen-bond acceptors (Lipinski definition) is 2. The summed E-state index contributed by atoms with van der Waals surface area (Å²) in [6, 6.07) is 8.63. The molecule has 0 saturated carbocycles. The fourth-order valence-corrected chi connectivity index (χ4v) is 1.92.